The minimum absolute atomic E-state index is 0.357. The lowest BCUT2D eigenvalue weighted by molar-refractivity contribution is 0.355. The van der Waals surface area contributed by atoms with Gasteiger partial charge in [-0.2, -0.15) is 0 Å². The Hall–Kier alpha value is -1.64. The van der Waals surface area contributed by atoms with Crippen molar-refractivity contribution in [1.29, 1.82) is 0 Å². The van der Waals surface area contributed by atoms with Crippen LogP contribution in [0.25, 0.3) is 6.08 Å². The highest BCUT2D eigenvalue weighted by Crippen LogP contribution is 2.35. The highest BCUT2D eigenvalue weighted by Gasteiger charge is 2.13. The first-order valence-corrected chi connectivity index (χ1v) is 4.95. The van der Waals surface area contributed by atoms with Gasteiger partial charge in [-0.05, 0) is 13.0 Å². The molecule has 1 aliphatic rings. The van der Waals surface area contributed by atoms with Crippen LogP contribution < -0.4 is 14.8 Å². The van der Waals surface area contributed by atoms with Crippen LogP contribution in [0, 0.1) is 0 Å². The molecule has 1 unspecified atom stereocenters. The molecule has 1 aromatic carbocycles. The van der Waals surface area contributed by atoms with E-state index in [0.29, 0.717) is 6.04 Å². The molecule has 3 heteroatoms. The molecule has 0 aromatic heterocycles. The molecule has 0 radical (unpaired) electrons. The SMILES string of the molecule is COc1cc2c(cc1OC)NC(C)C=C2. The van der Waals surface area contributed by atoms with E-state index in [1.165, 1.54) is 0 Å². The fourth-order valence-corrected chi connectivity index (χ4v) is 1.70. The van der Waals surface area contributed by atoms with Crippen LogP contribution in [-0.2, 0) is 0 Å². The Morgan fingerprint density at radius 3 is 2.47 bits per heavy atom. The quantitative estimate of drug-likeness (QED) is 0.804. The van der Waals surface area contributed by atoms with E-state index in [4.69, 9.17) is 9.47 Å². The number of hydrogen-bond acceptors (Lipinski definition) is 3. The number of ether oxygens (including phenoxy) is 2. The van der Waals surface area contributed by atoms with Crippen molar-refractivity contribution in [3.63, 3.8) is 0 Å². The third kappa shape index (κ3) is 1.77. The molecule has 1 N–H and O–H groups in total. The monoisotopic (exact) mass is 205 g/mol. The molecule has 0 bridgehead atoms. The zero-order chi connectivity index (χ0) is 10.8. The normalized spacial score (nSPS) is 17.9. The van der Waals surface area contributed by atoms with Gasteiger partial charge >= 0.3 is 0 Å². The van der Waals surface area contributed by atoms with E-state index in [0.717, 1.165) is 22.7 Å². The average Bonchev–Trinajstić information content (AvgIpc) is 2.27. The Morgan fingerprint density at radius 2 is 1.80 bits per heavy atom. The highest BCUT2D eigenvalue weighted by atomic mass is 16.5. The molecular weight excluding hydrogens is 190 g/mol. The van der Waals surface area contributed by atoms with E-state index < -0.39 is 0 Å². The van der Waals surface area contributed by atoms with Gasteiger partial charge in [0.25, 0.3) is 0 Å². The van der Waals surface area contributed by atoms with Crippen LogP contribution in [0.15, 0.2) is 18.2 Å². The maximum absolute atomic E-state index is 5.25. The standard InChI is InChI=1S/C12H15NO2/c1-8-4-5-9-6-11(14-2)12(15-3)7-10(9)13-8/h4-8,13H,1-3H3. The predicted octanol–water partition coefficient (Wildman–Crippen LogP) is 2.53. The summed E-state index contributed by atoms with van der Waals surface area (Å²) in [6, 6.07) is 4.30. The molecule has 15 heavy (non-hydrogen) atoms. The van der Waals surface area contributed by atoms with Crippen LogP contribution in [0.2, 0.25) is 0 Å². The molecular formula is C12H15NO2. The van der Waals surface area contributed by atoms with Crippen molar-refractivity contribution in [2.24, 2.45) is 0 Å². The van der Waals surface area contributed by atoms with Gasteiger partial charge in [0.1, 0.15) is 0 Å². The largest absolute Gasteiger partial charge is 0.493 e. The lowest BCUT2D eigenvalue weighted by atomic mass is 10.1. The van der Waals surface area contributed by atoms with Crippen molar-refractivity contribution < 1.29 is 9.47 Å². The minimum Gasteiger partial charge on any atom is -0.493 e. The van der Waals surface area contributed by atoms with Gasteiger partial charge in [0.05, 0.1) is 14.2 Å². The molecule has 0 saturated carbocycles. The third-order valence-electron chi connectivity index (χ3n) is 2.50. The first-order chi connectivity index (χ1) is 7.24. The topological polar surface area (TPSA) is 30.5 Å². The minimum atomic E-state index is 0.357. The Kier molecular flexibility index (Phi) is 2.54. The summed E-state index contributed by atoms with van der Waals surface area (Å²) < 4.78 is 10.5. The second kappa shape index (κ2) is 3.85. The average molecular weight is 205 g/mol. The van der Waals surface area contributed by atoms with Crippen molar-refractivity contribution in [2.45, 2.75) is 13.0 Å². The molecule has 0 amide bonds. The van der Waals surface area contributed by atoms with Crippen molar-refractivity contribution in [3.8, 4) is 11.5 Å². The van der Waals surface area contributed by atoms with Crippen LogP contribution in [0.3, 0.4) is 0 Å². The fraction of sp³-hybridized carbons (Fsp3) is 0.333. The fourth-order valence-electron chi connectivity index (χ4n) is 1.70. The Bertz CT molecular complexity index is 399. The Labute approximate surface area is 89.7 Å². The van der Waals surface area contributed by atoms with Gasteiger partial charge in [-0.15, -0.1) is 0 Å². The number of fused-ring (bicyclic) bond motifs is 1. The van der Waals surface area contributed by atoms with E-state index in [2.05, 4.69) is 24.4 Å². The summed E-state index contributed by atoms with van der Waals surface area (Å²) in [6.45, 7) is 2.11. The molecule has 3 nitrogen and oxygen atoms in total. The van der Waals surface area contributed by atoms with Gasteiger partial charge in [0, 0.05) is 23.4 Å². The summed E-state index contributed by atoms with van der Waals surface area (Å²) in [5, 5.41) is 3.36. The van der Waals surface area contributed by atoms with E-state index >= 15 is 0 Å². The molecule has 0 saturated heterocycles. The smallest absolute Gasteiger partial charge is 0.162 e. The van der Waals surface area contributed by atoms with Gasteiger partial charge in [0.15, 0.2) is 11.5 Å². The number of methoxy groups -OCH3 is 2. The second-order valence-electron chi connectivity index (χ2n) is 3.59. The molecule has 1 heterocycles. The summed E-state index contributed by atoms with van der Waals surface area (Å²) in [7, 11) is 3.29. The zero-order valence-corrected chi connectivity index (χ0v) is 9.20. The summed E-state index contributed by atoms with van der Waals surface area (Å²) in [5.74, 6) is 1.52. The van der Waals surface area contributed by atoms with Crippen LogP contribution in [-0.4, -0.2) is 20.3 Å². The summed E-state index contributed by atoms with van der Waals surface area (Å²) >= 11 is 0. The third-order valence-corrected chi connectivity index (χ3v) is 2.50. The number of hydrogen-bond donors (Lipinski definition) is 1. The molecule has 0 aliphatic carbocycles. The van der Waals surface area contributed by atoms with Crippen molar-refractivity contribution in [2.75, 3.05) is 19.5 Å². The van der Waals surface area contributed by atoms with E-state index in [9.17, 15) is 0 Å². The summed E-state index contributed by atoms with van der Waals surface area (Å²) in [5.41, 5.74) is 2.22. The van der Waals surface area contributed by atoms with Crippen molar-refractivity contribution >= 4 is 11.8 Å². The second-order valence-corrected chi connectivity index (χ2v) is 3.59. The Balaban J connectivity index is 2.47. The maximum atomic E-state index is 5.25. The lowest BCUT2D eigenvalue weighted by Gasteiger charge is -2.20. The zero-order valence-electron chi connectivity index (χ0n) is 9.20. The number of anilines is 1. The molecule has 1 atom stereocenters. The summed E-state index contributed by atoms with van der Waals surface area (Å²) in [4.78, 5) is 0. The summed E-state index contributed by atoms with van der Waals surface area (Å²) in [6.07, 6.45) is 4.21. The van der Waals surface area contributed by atoms with Crippen molar-refractivity contribution in [3.05, 3.63) is 23.8 Å². The number of nitrogens with one attached hydrogen (secondary N) is 1. The number of benzene rings is 1. The van der Waals surface area contributed by atoms with Gasteiger partial charge < -0.3 is 14.8 Å². The van der Waals surface area contributed by atoms with Crippen LogP contribution in [0.1, 0.15) is 12.5 Å². The molecule has 0 fully saturated rings. The van der Waals surface area contributed by atoms with Gasteiger partial charge in [-0.1, -0.05) is 12.2 Å². The van der Waals surface area contributed by atoms with Crippen LogP contribution in [0.4, 0.5) is 5.69 Å². The van der Waals surface area contributed by atoms with E-state index in [1.807, 2.05) is 12.1 Å². The molecule has 80 valence electrons. The molecule has 1 aliphatic heterocycles. The van der Waals surface area contributed by atoms with E-state index in [1.54, 1.807) is 14.2 Å². The molecule has 2 rings (SSSR count). The van der Waals surface area contributed by atoms with Gasteiger partial charge in [-0.25, -0.2) is 0 Å². The predicted molar refractivity (Wildman–Crippen MR) is 61.7 cm³/mol. The van der Waals surface area contributed by atoms with E-state index in [-0.39, 0.29) is 0 Å². The Morgan fingerprint density at radius 1 is 1.13 bits per heavy atom. The molecule has 1 aromatic rings. The lowest BCUT2D eigenvalue weighted by Crippen LogP contribution is -2.15. The maximum Gasteiger partial charge on any atom is 0.162 e. The van der Waals surface area contributed by atoms with Crippen molar-refractivity contribution in [1.82, 2.24) is 0 Å². The first-order valence-electron chi connectivity index (χ1n) is 4.95. The van der Waals surface area contributed by atoms with Crippen LogP contribution in [0.5, 0.6) is 11.5 Å². The molecule has 0 spiro atoms. The highest BCUT2D eigenvalue weighted by molar-refractivity contribution is 5.74. The van der Waals surface area contributed by atoms with Gasteiger partial charge in [-0.3, -0.25) is 0 Å². The van der Waals surface area contributed by atoms with Crippen LogP contribution >= 0.6 is 0 Å². The first kappa shape index (κ1) is 9.90. The van der Waals surface area contributed by atoms with Gasteiger partial charge in [0.2, 0.25) is 0 Å². The number of rotatable bonds is 2.